The molecule has 3 aromatic rings. The van der Waals surface area contributed by atoms with E-state index in [1.807, 2.05) is 19.1 Å². The van der Waals surface area contributed by atoms with Gasteiger partial charge in [0.2, 0.25) is 0 Å². The number of carbonyl (C=O) groups is 1. The minimum Gasteiger partial charge on any atom is -0.321 e. The van der Waals surface area contributed by atoms with Crippen LogP contribution in [0.4, 0.5) is 10.1 Å². The summed E-state index contributed by atoms with van der Waals surface area (Å²) in [6.07, 6.45) is 0. The van der Waals surface area contributed by atoms with Crippen molar-refractivity contribution in [1.82, 2.24) is 9.78 Å². The molecule has 0 saturated carbocycles. The van der Waals surface area contributed by atoms with E-state index in [1.54, 1.807) is 24.3 Å². The summed E-state index contributed by atoms with van der Waals surface area (Å²) in [7, 11) is 0. The van der Waals surface area contributed by atoms with Crippen LogP contribution in [0, 0.1) is 12.7 Å². The van der Waals surface area contributed by atoms with E-state index in [1.165, 1.54) is 24.3 Å². The van der Waals surface area contributed by atoms with E-state index in [0.29, 0.717) is 11.3 Å². The smallest absolute Gasteiger partial charge is 0.276 e. The fourth-order valence-electron chi connectivity index (χ4n) is 2.32. The molecule has 0 unspecified atom stereocenters. The minimum atomic E-state index is -0.420. The molecule has 0 atom stereocenters. The van der Waals surface area contributed by atoms with Gasteiger partial charge >= 0.3 is 0 Å². The zero-order chi connectivity index (χ0) is 17.8. The molecule has 1 amide bonds. The number of hydrogen-bond donors (Lipinski definition) is 1. The summed E-state index contributed by atoms with van der Waals surface area (Å²) in [5.41, 5.74) is 2.05. The predicted molar refractivity (Wildman–Crippen MR) is 93.1 cm³/mol. The van der Waals surface area contributed by atoms with Gasteiger partial charge < -0.3 is 5.32 Å². The number of amides is 1. The van der Waals surface area contributed by atoms with Gasteiger partial charge in [0, 0.05) is 11.8 Å². The van der Waals surface area contributed by atoms with Crippen molar-refractivity contribution in [1.29, 1.82) is 0 Å². The number of nitrogens with one attached hydrogen (secondary N) is 1. The zero-order valence-electron chi connectivity index (χ0n) is 13.6. The van der Waals surface area contributed by atoms with E-state index in [0.717, 1.165) is 10.2 Å². The highest BCUT2D eigenvalue weighted by Crippen LogP contribution is 2.10. The van der Waals surface area contributed by atoms with Crippen molar-refractivity contribution in [3.05, 3.63) is 93.7 Å². The van der Waals surface area contributed by atoms with Crippen LogP contribution in [-0.4, -0.2) is 15.7 Å². The first-order valence-corrected chi connectivity index (χ1v) is 7.72. The van der Waals surface area contributed by atoms with Crippen LogP contribution >= 0.6 is 0 Å². The van der Waals surface area contributed by atoms with Gasteiger partial charge in [-0.3, -0.25) is 9.59 Å². The lowest BCUT2D eigenvalue weighted by atomic mass is 10.2. The Labute approximate surface area is 143 Å². The molecule has 0 fully saturated rings. The Kier molecular flexibility index (Phi) is 4.70. The topological polar surface area (TPSA) is 64.0 Å². The Morgan fingerprint density at radius 3 is 2.60 bits per heavy atom. The third kappa shape index (κ3) is 4.17. The van der Waals surface area contributed by atoms with Crippen molar-refractivity contribution in [3.63, 3.8) is 0 Å². The SMILES string of the molecule is Cc1ccc(NC(=O)c2ccc(=O)n(Cc3cccc(F)c3)n2)cc1. The lowest BCUT2D eigenvalue weighted by Crippen LogP contribution is -2.26. The molecule has 0 aliphatic heterocycles. The van der Waals surface area contributed by atoms with Crippen LogP contribution in [0.15, 0.2) is 65.5 Å². The Bertz CT molecular complexity index is 965. The maximum absolute atomic E-state index is 13.3. The van der Waals surface area contributed by atoms with E-state index in [9.17, 15) is 14.0 Å². The summed E-state index contributed by atoms with van der Waals surface area (Å²) in [6, 6.07) is 15.9. The molecule has 126 valence electrons. The monoisotopic (exact) mass is 337 g/mol. The first-order valence-electron chi connectivity index (χ1n) is 7.72. The van der Waals surface area contributed by atoms with Gasteiger partial charge in [-0.1, -0.05) is 29.8 Å². The van der Waals surface area contributed by atoms with Crippen LogP contribution in [0.25, 0.3) is 0 Å². The van der Waals surface area contributed by atoms with Crippen LogP contribution in [0.5, 0.6) is 0 Å². The summed E-state index contributed by atoms with van der Waals surface area (Å²) < 4.78 is 14.4. The van der Waals surface area contributed by atoms with Crippen LogP contribution in [0.1, 0.15) is 21.6 Å². The van der Waals surface area contributed by atoms with Gasteiger partial charge in [-0.25, -0.2) is 9.07 Å². The molecule has 1 heterocycles. The van der Waals surface area contributed by atoms with Gasteiger partial charge in [-0.15, -0.1) is 0 Å². The summed E-state index contributed by atoms with van der Waals surface area (Å²) in [5.74, 6) is -0.810. The number of anilines is 1. The second-order valence-electron chi connectivity index (χ2n) is 5.66. The Hall–Kier alpha value is -3.28. The van der Waals surface area contributed by atoms with Gasteiger partial charge in [-0.05, 0) is 42.8 Å². The summed E-state index contributed by atoms with van der Waals surface area (Å²) in [5, 5.41) is 6.81. The van der Waals surface area contributed by atoms with Gasteiger partial charge in [0.25, 0.3) is 11.5 Å². The van der Waals surface area contributed by atoms with Gasteiger partial charge in [0.1, 0.15) is 11.5 Å². The van der Waals surface area contributed by atoms with Crippen molar-refractivity contribution >= 4 is 11.6 Å². The van der Waals surface area contributed by atoms with Crippen LogP contribution in [0.2, 0.25) is 0 Å². The molecule has 0 bridgehead atoms. The number of rotatable bonds is 4. The van der Waals surface area contributed by atoms with E-state index < -0.39 is 5.91 Å². The maximum Gasteiger partial charge on any atom is 0.276 e. The molecule has 25 heavy (non-hydrogen) atoms. The number of benzene rings is 2. The van der Waals surface area contributed by atoms with E-state index in [4.69, 9.17) is 0 Å². The number of nitrogens with zero attached hydrogens (tertiary/aromatic N) is 2. The molecule has 2 aromatic carbocycles. The fourth-order valence-corrected chi connectivity index (χ4v) is 2.32. The van der Waals surface area contributed by atoms with Crippen LogP contribution in [0.3, 0.4) is 0 Å². The number of carbonyl (C=O) groups excluding carboxylic acids is 1. The third-order valence-electron chi connectivity index (χ3n) is 3.63. The molecule has 3 rings (SSSR count). The molecule has 0 spiro atoms. The Morgan fingerprint density at radius 2 is 1.88 bits per heavy atom. The summed E-state index contributed by atoms with van der Waals surface area (Å²) >= 11 is 0. The highest BCUT2D eigenvalue weighted by atomic mass is 19.1. The molecule has 0 aliphatic carbocycles. The minimum absolute atomic E-state index is 0.0856. The van der Waals surface area contributed by atoms with Crippen molar-refractivity contribution in [2.45, 2.75) is 13.5 Å². The van der Waals surface area contributed by atoms with Gasteiger partial charge in [0.05, 0.1) is 6.54 Å². The largest absolute Gasteiger partial charge is 0.321 e. The molecule has 6 heteroatoms. The molecule has 1 aromatic heterocycles. The lowest BCUT2D eigenvalue weighted by Gasteiger charge is -2.08. The second kappa shape index (κ2) is 7.09. The van der Waals surface area contributed by atoms with Crippen molar-refractivity contribution in [2.24, 2.45) is 0 Å². The predicted octanol–water partition coefficient (Wildman–Crippen LogP) is 2.99. The standard InChI is InChI=1S/C19H16FN3O2/c1-13-5-7-16(8-6-13)21-19(25)17-9-10-18(24)23(22-17)12-14-3-2-4-15(20)11-14/h2-11H,12H2,1H3,(H,21,25). The highest BCUT2D eigenvalue weighted by Gasteiger charge is 2.10. The quantitative estimate of drug-likeness (QED) is 0.796. The highest BCUT2D eigenvalue weighted by molar-refractivity contribution is 6.02. The van der Waals surface area contributed by atoms with Crippen molar-refractivity contribution in [3.8, 4) is 0 Å². The Balaban J connectivity index is 1.82. The first kappa shape index (κ1) is 16.6. The average Bonchev–Trinajstić information content (AvgIpc) is 2.59. The van der Waals surface area contributed by atoms with E-state index in [-0.39, 0.29) is 23.6 Å². The second-order valence-corrected chi connectivity index (χ2v) is 5.66. The molecular weight excluding hydrogens is 321 g/mol. The summed E-state index contributed by atoms with van der Waals surface area (Å²) in [4.78, 5) is 24.3. The van der Waals surface area contributed by atoms with E-state index >= 15 is 0 Å². The number of aryl methyl sites for hydroxylation is 1. The molecular formula is C19H16FN3O2. The average molecular weight is 337 g/mol. The van der Waals surface area contributed by atoms with E-state index in [2.05, 4.69) is 10.4 Å². The number of hydrogen-bond acceptors (Lipinski definition) is 3. The van der Waals surface area contributed by atoms with Gasteiger partial charge in [0.15, 0.2) is 0 Å². The maximum atomic E-state index is 13.3. The molecule has 0 radical (unpaired) electrons. The van der Waals surface area contributed by atoms with Crippen LogP contribution in [-0.2, 0) is 6.54 Å². The van der Waals surface area contributed by atoms with Gasteiger partial charge in [-0.2, -0.15) is 5.10 Å². The third-order valence-corrected chi connectivity index (χ3v) is 3.63. The fraction of sp³-hybridized carbons (Fsp3) is 0.105. The number of halogens is 1. The lowest BCUT2D eigenvalue weighted by molar-refractivity contribution is 0.102. The number of aromatic nitrogens is 2. The van der Waals surface area contributed by atoms with Crippen LogP contribution < -0.4 is 10.9 Å². The van der Waals surface area contributed by atoms with Crippen molar-refractivity contribution in [2.75, 3.05) is 5.32 Å². The summed E-state index contributed by atoms with van der Waals surface area (Å²) in [6.45, 7) is 2.04. The molecule has 1 N–H and O–H groups in total. The van der Waals surface area contributed by atoms with Crippen molar-refractivity contribution < 1.29 is 9.18 Å². The molecule has 5 nitrogen and oxygen atoms in total. The Morgan fingerprint density at radius 1 is 1.12 bits per heavy atom. The molecule has 0 saturated heterocycles. The first-order chi connectivity index (χ1) is 12.0. The zero-order valence-corrected chi connectivity index (χ0v) is 13.6. The normalized spacial score (nSPS) is 10.5. The molecule has 0 aliphatic rings.